The van der Waals surface area contributed by atoms with Crippen LogP contribution in [0.3, 0.4) is 0 Å². The number of amides is 1. The maximum atomic E-state index is 14.0. The van der Waals surface area contributed by atoms with Gasteiger partial charge >= 0.3 is 0 Å². The molecule has 1 heterocycles. The van der Waals surface area contributed by atoms with Crippen molar-refractivity contribution in [3.8, 4) is 6.07 Å². The zero-order valence-electron chi connectivity index (χ0n) is 11.0. The van der Waals surface area contributed by atoms with Gasteiger partial charge in [-0.2, -0.15) is 5.26 Å². The van der Waals surface area contributed by atoms with E-state index in [1.165, 1.54) is 6.07 Å². The Morgan fingerprint density at radius 1 is 1.53 bits per heavy atom. The van der Waals surface area contributed by atoms with Crippen molar-refractivity contribution in [1.29, 1.82) is 5.26 Å². The van der Waals surface area contributed by atoms with Crippen molar-refractivity contribution in [2.24, 2.45) is 0 Å². The molecule has 1 aliphatic heterocycles. The van der Waals surface area contributed by atoms with Crippen LogP contribution in [0, 0.1) is 17.1 Å². The normalized spacial score (nSPS) is 18.7. The van der Waals surface area contributed by atoms with Gasteiger partial charge in [-0.1, -0.05) is 12.1 Å². The summed E-state index contributed by atoms with van der Waals surface area (Å²) in [5, 5.41) is 11.6. The molecule has 1 fully saturated rings. The van der Waals surface area contributed by atoms with E-state index in [1.807, 2.05) is 24.8 Å². The predicted octanol–water partition coefficient (Wildman–Crippen LogP) is 1.41. The number of benzene rings is 1. The molecule has 100 valence electrons. The van der Waals surface area contributed by atoms with Gasteiger partial charge in [0.25, 0.3) is 0 Å². The topological polar surface area (TPSA) is 56.1 Å². The van der Waals surface area contributed by atoms with Gasteiger partial charge < -0.3 is 5.32 Å². The van der Waals surface area contributed by atoms with Crippen LogP contribution >= 0.6 is 0 Å². The third-order valence-electron chi connectivity index (χ3n) is 3.57. The summed E-state index contributed by atoms with van der Waals surface area (Å²) < 4.78 is 14.0. The van der Waals surface area contributed by atoms with Crippen LogP contribution in [0.5, 0.6) is 0 Å². The number of halogens is 1. The molecule has 1 amide bonds. The average Bonchev–Trinajstić information content (AvgIpc) is 2.37. The van der Waals surface area contributed by atoms with Crippen molar-refractivity contribution in [2.45, 2.75) is 25.9 Å². The number of rotatable bonds is 2. The van der Waals surface area contributed by atoms with E-state index in [0.717, 1.165) is 0 Å². The molecule has 0 bridgehead atoms. The number of piperazine rings is 1. The summed E-state index contributed by atoms with van der Waals surface area (Å²) in [6.45, 7) is 5.17. The summed E-state index contributed by atoms with van der Waals surface area (Å²) in [4.78, 5) is 13.7. The van der Waals surface area contributed by atoms with Crippen LogP contribution in [-0.4, -0.2) is 29.4 Å². The number of nitrogens with one attached hydrogen (secondary N) is 1. The van der Waals surface area contributed by atoms with Crippen molar-refractivity contribution >= 4 is 5.91 Å². The Hall–Kier alpha value is -1.93. The molecule has 0 saturated carbocycles. The van der Waals surface area contributed by atoms with Crippen molar-refractivity contribution in [3.05, 3.63) is 35.1 Å². The molecule has 19 heavy (non-hydrogen) atoms. The van der Waals surface area contributed by atoms with Gasteiger partial charge in [0.05, 0.1) is 11.1 Å². The predicted molar refractivity (Wildman–Crippen MR) is 68.6 cm³/mol. The van der Waals surface area contributed by atoms with Crippen LogP contribution in [0.4, 0.5) is 4.39 Å². The van der Waals surface area contributed by atoms with E-state index in [9.17, 15) is 9.18 Å². The van der Waals surface area contributed by atoms with E-state index in [-0.39, 0.29) is 11.5 Å². The van der Waals surface area contributed by atoms with Gasteiger partial charge in [-0.3, -0.25) is 9.69 Å². The van der Waals surface area contributed by atoms with Gasteiger partial charge in [0.15, 0.2) is 0 Å². The largest absolute Gasteiger partial charge is 0.353 e. The first-order valence-corrected chi connectivity index (χ1v) is 6.17. The highest BCUT2D eigenvalue weighted by Gasteiger charge is 2.37. The fourth-order valence-electron chi connectivity index (χ4n) is 2.21. The maximum Gasteiger partial charge on any atom is 0.240 e. The molecule has 2 rings (SSSR count). The monoisotopic (exact) mass is 261 g/mol. The molecule has 5 heteroatoms. The molecule has 0 aromatic heterocycles. The minimum Gasteiger partial charge on any atom is -0.353 e. The Labute approximate surface area is 111 Å². The zero-order valence-corrected chi connectivity index (χ0v) is 11.0. The smallest absolute Gasteiger partial charge is 0.240 e. The fraction of sp³-hybridized carbons (Fsp3) is 0.429. The third kappa shape index (κ3) is 2.45. The quantitative estimate of drug-likeness (QED) is 0.875. The number of carbonyl (C=O) groups is 1. The Balaban J connectivity index is 2.26. The fourth-order valence-corrected chi connectivity index (χ4v) is 2.21. The molecule has 0 aliphatic carbocycles. The number of carbonyl (C=O) groups excluding carboxylic acids is 1. The van der Waals surface area contributed by atoms with Gasteiger partial charge in [0, 0.05) is 25.2 Å². The molecule has 1 N–H and O–H groups in total. The molecule has 1 aromatic carbocycles. The highest BCUT2D eigenvalue weighted by atomic mass is 19.1. The van der Waals surface area contributed by atoms with Gasteiger partial charge in [-0.05, 0) is 19.9 Å². The first-order valence-electron chi connectivity index (χ1n) is 6.17. The van der Waals surface area contributed by atoms with Crippen LogP contribution in [0.25, 0.3) is 0 Å². The molecule has 0 spiro atoms. The number of hydrogen-bond acceptors (Lipinski definition) is 3. The summed E-state index contributed by atoms with van der Waals surface area (Å²) in [6, 6.07) is 6.59. The molecular formula is C14H16FN3O. The standard InChI is InChI=1S/C14H16FN3O/c1-14(2)13(19)17-6-7-18(14)9-11-5-3-4-10(8-16)12(11)15/h3-5H,6-7,9H2,1-2H3,(H,17,19). The Morgan fingerprint density at radius 3 is 2.95 bits per heavy atom. The molecule has 4 nitrogen and oxygen atoms in total. The molecule has 1 saturated heterocycles. The lowest BCUT2D eigenvalue weighted by molar-refractivity contribution is -0.135. The van der Waals surface area contributed by atoms with Crippen molar-refractivity contribution in [1.82, 2.24) is 10.2 Å². The first kappa shape index (κ1) is 13.5. The first-order chi connectivity index (χ1) is 8.96. The van der Waals surface area contributed by atoms with E-state index in [0.29, 0.717) is 25.2 Å². The second kappa shape index (κ2) is 4.98. The van der Waals surface area contributed by atoms with Crippen LogP contribution in [-0.2, 0) is 11.3 Å². The van der Waals surface area contributed by atoms with E-state index in [2.05, 4.69) is 5.32 Å². The van der Waals surface area contributed by atoms with E-state index in [4.69, 9.17) is 5.26 Å². The van der Waals surface area contributed by atoms with E-state index in [1.54, 1.807) is 12.1 Å². The number of nitriles is 1. The van der Waals surface area contributed by atoms with Gasteiger partial charge in [0.2, 0.25) is 5.91 Å². The molecule has 1 aromatic rings. The van der Waals surface area contributed by atoms with Crippen LogP contribution in [0.2, 0.25) is 0 Å². The minimum atomic E-state index is -0.673. The summed E-state index contributed by atoms with van der Waals surface area (Å²) in [7, 11) is 0. The number of nitrogens with zero attached hydrogens (tertiary/aromatic N) is 2. The lowest BCUT2D eigenvalue weighted by Gasteiger charge is -2.41. The molecule has 0 radical (unpaired) electrons. The number of hydrogen-bond donors (Lipinski definition) is 1. The Kier molecular flexibility index (Phi) is 3.54. The van der Waals surface area contributed by atoms with Crippen molar-refractivity contribution < 1.29 is 9.18 Å². The second-order valence-corrected chi connectivity index (χ2v) is 5.13. The van der Waals surface area contributed by atoms with E-state index >= 15 is 0 Å². The lowest BCUT2D eigenvalue weighted by Crippen LogP contribution is -2.61. The average molecular weight is 261 g/mol. The van der Waals surface area contributed by atoms with Crippen molar-refractivity contribution in [2.75, 3.05) is 13.1 Å². The minimum absolute atomic E-state index is 0.0387. The van der Waals surface area contributed by atoms with Crippen LogP contribution in [0.15, 0.2) is 18.2 Å². The zero-order chi connectivity index (χ0) is 14.0. The SMILES string of the molecule is CC1(C)C(=O)NCCN1Cc1cccc(C#N)c1F. The molecule has 0 unspecified atom stereocenters. The van der Waals surface area contributed by atoms with Gasteiger partial charge in [0.1, 0.15) is 11.9 Å². The molecule has 1 aliphatic rings. The van der Waals surface area contributed by atoms with Gasteiger partial charge in [-0.15, -0.1) is 0 Å². The summed E-state index contributed by atoms with van der Waals surface area (Å²) in [5.74, 6) is -0.553. The molecule has 0 atom stereocenters. The van der Waals surface area contributed by atoms with Crippen molar-refractivity contribution in [3.63, 3.8) is 0 Å². The Bertz CT molecular complexity index is 548. The van der Waals surface area contributed by atoms with Crippen LogP contribution in [0.1, 0.15) is 25.0 Å². The highest BCUT2D eigenvalue weighted by molar-refractivity contribution is 5.86. The Morgan fingerprint density at radius 2 is 2.26 bits per heavy atom. The van der Waals surface area contributed by atoms with Gasteiger partial charge in [-0.25, -0.2) is 4.39 Å². The van der Waals surface area contributed by atoms with E-state index < -0.39 is 11.4 Å². The summed E-state index contributed by atoms with van der Waals surface area (Å²) >= 11 is 0. The summed E-state index contributed by atoms with van der Waals surface area (Å²) in [5.41, 5.74) is -0.188. The second-order valence-electron chi connectivity index (χ2n) is 5.13. The summed E-state index contributed by atoms with van der Waals surface area (Å²) in [6.07, 6.45) is 0. The maximum absolute atomic E-state index is 14.0. The van der Waals surface area contributed by atoms with Crippen LogP contribution < -0.4 is 5.32 Å². The third-order valence-corrected chi connectivity index (χ3v) is 3.57. The molecular weight excluding hydrogens is 245 g/mol. The highest BCUT2D eigenvalue weighted by Crippen LogP contribution is 2.22. The lowest BCUT2D eigenvalue weighted by atomic mass is 9.97.